The molecule has 0 bridgehead atoms. The van der Waals surface area contributed by atoms with Gasteiger partial charge in [-0.05, 0) is 25.1 Å². The Hall–Kier alpha value is -2.92. The fourth-order valence-corrected chi connectivity index (χ4v) is 3.53. The Morgan fingerprint density at radius 3 is 2.67 bits per heavy atom. The molecule has 0 fully saturated rings. The number of alkyl halides is 3. The van der Waals surface area contributed by atoms with Crippen molar-refractivity contribution in [2.24, 2.45) is 0 Å². The third-order valence-electron chi connectivity index (χ3n) is 4.12. The van der Waals surface area contributed by atoms with E-state index in [1.54, 1.807) is 6.92 Å². The largest absolute Gasteiger partial charge is 0.491 e. The number of hydrogen-bond donors (Lipinski definition) is 1. The fraction of sp³-hybridized carbons (Fsp3) is 0.316. The highest BCUT2D eigenvalue weighted by Crippen LogP contribution is 2.37. The number of methoxy groups -OCH3 is 1. The molecule has 0 radical (unpaired) electrons. The van der Waals surface area contributed by atoms with Gasteiger partial charge in [0.15, 0.2) is 0 Å². The van der Waals surface area contributed by atoms with Crippen molar-refractivity contribution in [3.05, 3.63) is 52.3 Å². The van der Waals surface area contributed by atoms with Gasteiger partial charge in [-0.3, -0.25) is 4.68 Å². The Bertz CT molecular complexity index is 1050. The van der Waals surface area contributed by atoms with Crippen molar-refractivity contribution in [3.8, 4) is 16.3 Å². The maximum absolute atomic E-state index is 13.3. The number of thiazole rings is 1. The lowest BCUT2D eigenvalue weighted by Gasteiger charge is -2.12. The number of carboxylic acid groups (broad SMARTS) is 1. The van der Waals surface area contributed by atoms with E-state index in [0.717, 1.165) is 17.0 Å². The van der Waals surface area contributed by atoms with Gasteiger partial charge in [0, 0.05) is 23.7 Å². The Balaban J connectivity index is 1.91. The minimum atomic E-state index is -4.53. The number of ether oxygens (including phenoxy) is 2. The van der Waals surface area contributed by atoms with Gasteiger partial charge in [0.25, 0.3) is 0 Å². The van der Waals surface area contributed by atoms with Crippen molar-refractivity contribution in [2.45, 2.75) is 19.6 Å². The molecule has 1 N–H and O–H groups in total. The first-order valence-corrected chi connectivity index (χ1v) is 9.55. The molecule has 0 aliphatic heterocycles. The van der Waals surface area contributed by atoms with Crippen LogP contribution in [0, 0.1) is 6.92 Å². The van der Waals surface area contributed by atoms with Crippen molar-refractivity contribution < 1.29 is 32.5 Å². The average Bonchev–Trinajstić information content (AvgIpc) is 3.29. The molecule has 0 atom stereocenters. The Morgan fingerprint density at radius 1 is 1.27 bits per heavy atom. The molecular formula is C19H18F3N3O4S. The number of aromatic nitrogens is 3. The first kappa shape index (κ1) is 21.8. The molecule has 0 spiro atoms. The van der Waals surface area contributed by atoms with Gasteiger partial charge in [0.2, 0.25) is 0 Å². The second kappa shape index (κ2) is 8.84. The molecule has 0 unspecified atom stereocenters. The topological polar surface area (TPSA) is 86.5 Å². The van der Waals surface area contributed by atoms with Crippen LogP contribution in [-0.2, 0) is 17.5 Å². The summed E-state index contributed by atoms with van der Waals surface area (Å²) >= 11 is 1.24. The van der Waals surface area contributed by atoms with Gasteiger partial charge in [-0.2, -0.15) is 18.3 Å². The van der Waals surface area contributed by atoms with Gasteiger partial charge in [-0.15, -0.1) is 11.3 Å². The summed E-state index contributed by atoms with van der Waals surface area (Å²) in [5.41, 5.74) is 0.0800. The number of carbonyl (C=O) groups is 1. The van der Waals surface area contributed by atoms with Crippen LogP contribution in [0.5, 0.6) is 5.75 Å². The Kier molecular flexibility index (Phi) is 6.42. The summed E-state index contributed by atoms with van der Waals surface area (Å²) in [5.74, 6) is -1.02. The summed E-state index contributed by atoms with van der Waals surface area (Å²) in [4.78, 5) is 16.2. The minimum Gasteiger partial charge on any atom is -0.491 e. The first-order valence-electron chi connectivity index (χ1n) is 8.74. The van der Waals surface area contributed by atoms with Gasteiger partial charge >= 0.3 is 12.1 Å². The Morgan fingerprint density at radius 2 is 2.03 bits per heavy atom. The van der Waals surface area contributed by atoms with E-state index in [1.165, 1.54) is 41.6 Å². The number of carboxylic acids is 1. The van der Waals surface area contributed by atoms with Crippen LogP contribution < -0.4 is 4.74 Å². The van der Waals surface area contributed by atoms with Gasteiger partial charge in [0.1, 0.15) is 17.4 Å². The zero-order chi connectivity index (χ0) is 21.9. The average molecular weight is 441 g/mol. The van der Waals surface area contributed by atoms with Gasteiger partial charge in [-0.25, -0.2) is 9.78 Å². The van der Waals surface area contributed by atoms with Crippen LogP contribution in [0.3, 0.4) is 0 Å². The molecule has 2 heterocycles. The van der Waals surface area contributed by atoms with E-state index in [4.69, 9.17) is 14.6 Å². The normalized spacial score (nSPS) is 11.6. The quantitative estimate of drug-likeness (QED) is 0.530. The summed E-state index contributed by atoms with van der Waals surface area (Å²) in [7, 11) is 1.47. The van der Waals surface area contributed by atoms with Crippen molar-refractivity contribution >= 4 is 17.3 Å². The monoisotopic (exact) mass is 441 g/mol. The lowest BCUT2D eigenvalue weighted by atomic mass is 10.1. The zero-order valence-corrected chi connectivity index (χ0v) is 16.9. The predicted octanol–water partition coefficient (Wildman–Crippen LogP) is 4.11. The lowest BCUT2D eigenvalue weighted by Crippen LogP contribution is -2.08. The molecule has 3 aromatic rings. The smallest absolute Gasteiger partial charge is 0.416 e. The summed E-state index contributed by atoms with van der Waals surface area (Å²) in [6, 6.07) is 3.47. The lowest BCUT2D eigenvalue weighted by molar-refractivity contribution is -0.137. The number of aryl methyl sites for hydroxylation is 1. The molecule has 0 aliphatic rings. The van der Waals surface area contributed by atoms with Crippen molar-refractivity contribution in [3.63, 3.8) is 0 Å². The molecule has 7 nitrogen and oxygen atoms in total. The molecule has 3 rings (SSSR count). The molecule has 160 valence electrons. The third kappa shape index (κ3) is 5.16. The van der Waals surface area contributed by atoms with Crippen molar-refractivity contribution in [2.75, 3.05) is 20.3 Å². The van der Waals surface area contributed by atoms with E-state index >= 15 is 0 Å². The van der Waals surface area contributed by atoms with E-state index in [2.05, 4.69) is 10.1 Å². The second-order valence-electron chi connectivity index (χ2n) is 6.34. The summed E-state index contributed by atoms with van der Waals surface area (Å²) in [6.45, 7) is 2.35. The molecule has 0 saturated heterocycles. The Labute approximate surface area is 173 Å². The van der Waals surface area contributed by atoms with Crippen molar-refractivity contribution in [1.29, 1.82) is 0 Å². The first-order chi connectivity index (χ1) is 14.2. The SMILES string of the molecule is COCCOc1cc(-c2nc(Cn3cc(C(=O)O)cn3)c(C)s2)cc(C(F)(F)F)c1. The molecule has 1 aromatic carbocycles. The van der Waals surface area contributed by atoms with Gasteiger partial charge < -0.3 is 14.6 Å². The van der Waals surface area contributed by atoms with E-state index in [0.29, 0.717) is 10.7 Å². The number of rotatable bonds is 8. The molecule has 0 aliphatic carbocycles. The molecule has 0 saturated carbocycles. The number of halogens is 3. The highest BCUT2D eigenvalue weighted by atomic mass is 32.1. The van der Waals surface area contributed by atoms with E-state index in [-0.39, 0.29) is 36.6 Å². The number of hydrogen-bond acceptors (Lipinski definition) is 6. The van der Waals surface area contributed by atoms with Crippen LogP contribution in [0.1, 0.15) is 26.5 Å². The fourth-order valence-electron chi connectivity index (χ4n) is 2.62. The highest BCUT2D eigenvalue weighted by Gasteiger charge is 2.32. The van der Waals surface area contributed by atoms with Crippen LogP contribution in [0.2, 0.25) is 0 Å². The molecule has 0 amide bonds. The predicted molar refractivity (Wildman–Crippen MR) is 103 cm³/mol. The highest BCUT2D eigenvalue weighted by molar-refractivity contribution is 7.15. The van der Waals surface area contributed by atoms with Gasteiger partial charge in [0.05, 0.1) is 36.2 Å². The minimum absolute atomic E-state index is 0.0406. The third-order valence-corrected chi connectivity index (χ3v) is 5.18. The summed E-state index contributed by atoms with van der Waals surface area (Å²) in [5, 5.41) is 13.4. The van der Waals surface area contributed by atoms with Crippen molar-refractivity contribution in [1.82, 2.24) is 14.8 Å². The van der Waals surface area contributed by atoms with Crippen LogP contribution in [0.15, 0.2) is 30.6 Å². The zero-order valence-electron chi connectivity index (χ0n) is 16.1. The maximum atomic E-state index is 13.3. The number of aromatic carboxylic acids is 1. The maximum Gasteiger partial charge on any atom is 0.416 e. The number of benzene rings is 1. The molecule has 2 aromatic heterocycles. The van der Waals surface area contributed by atoms with Crippen LogP contribution in [0.4, 0.5) is 13.2 Å². The van der Waals surface area contributed by atoms with E-state index in [9.17, 15) is 18.0 Å². The number of nitrogens with zero attached hydrogens (tertiary/aromatic N) is 3. The van der Waals surface area contributed by atoms with Crippen LogP contribution in [-0.4, -0.2) is 46.2 Å². The molecule has 30 heavy (non-hydrogen) atoms. The van der Waals surface area contributed by atoms with E-state index < -0.39 is 17.7 Å². The second-order valence-corrected chi connectivity index (χ2v) is 7.54. The van der Waals surface area contributed by atoms with Crippen LogP contribution >= 0.6 is 11.3 Å². The van der Waals surface area contributed by atoms with Crippen LogP contribution in [0.25, 0.3) is 10.6 Å². The molecule has 11 heteroatoms. The standard InChI is InChI=1S/C19H18F3N3O4S/c1-11-16(10-25-9-13(8-23-25)18(26)27)24-17(30-11)12-5-14(19(20,21)22)7-15(6-12)29-4-3-28-2/h5-9H,3-4,10H2,1-2H3,(H,26,27). The van der Waals surface area contributed by atoms with Gasteiger partial charge in [-0.1, -0.05) is 0 Å². The summed E-state index contributed by atoms with van der Waals surface area (Å²) in [6.07, 6.45) is -1.94. The summed E-state index contributed by atoms with van der Waals surface area (Å²) < 4.78 is 51.7. The molecular weight excluding hydrogens is 423 g/mol. The van der Waals surface area contributed by atoms with E-state index in [1.807, 2.05) is 0 Å².